The molecule has 1 amide bonds. The number of fused-ring (bicyclic) bond motifs is 1. The van der Waals surface area contributed by atoms with Crippen LogP contribution in [0.2, 0.25) is 0 Å². The number of halogens is 3. The van der Waals surface area contributed by atoms with E-state index in [1.165, 1.54) is 0 Å². The maximum absolute atomic E-state index is 12.2. The second-order valence-corrected chi connectivity index (χ2v) is 3.85. The number of carbonyl (C=O) groups is 1. The SMILES string of the molecule is O=C(N1CCC2=CC=C=CC2C1)C(F)(F)F. The zero-order valence-electron chi connectivity index (χ0n) is 8.42. The van der Waals surface area contributed by atoms with Crippen LogP contribution in [0.15, 0.2) is 29.5 Å². The van der Waals surface area contributed by atoms with E-state index in [0.29, 0.717) is 6.42 Å². The zero-order chi connectivity index (χ0) is 11.8. The summed E-state index contributed by atoms with van der Waals surface area (Å²) >= 11 is 0. The molecule has 1 atom stereocenters. The number of carbonyl (C=O) groups excluding carboxylic acids is 1. The van der Waals surface area contributed by atoms with Gasteiger partial charge in [-0.05, 0) is 18.6 Å². The van der Waals surface area contributed by atoms with Gasteiger partial charge in [0.1, 0.15) is 0 Å². The van der Waals surface area contributed by atoms with Crippen LogP contribution < -0.4 is 0 Å². The van der Waals surface area contributed by atoms with Crippen LogP contribution in [0.3, 0.4) is 0 Å². The Morgan fingerprint density at radius 2 is 2.25 bits per heavy atom. The van der Waals surface area contributed by atoms with Crippen molar-refractivity contribution in [3.8, 4) is 0 Å². The van der Waals surface area contributed by atoms with Gasteiger partial charge in [-0.25, -0.2) is 0 Å². The van der Waals surface area contributed by atoms with E-state index in [-0.39, 0.29) is 19.0 Å². The molecule has 2 rings (SSSR count). The van der Waals surface area contributed by atoms with Crippen LogP contribution in [0.1, 0.15) is 6.42 Å². The van der Waals surface area contributed by atoms with Gasteiger partial charge in [-0.15, -0.1) is 5.73 Å². The highest BCUT2D eigenvalue weighted by atomic mass is 19.4. The number of likely N-dealkylation sites (tertiary alicyclic amines) is 1. The van der Waals surface area contributed by atoms with Crippen molar-refractivity contribution >= 4 is 5.91 Å². The van der Waals surface area contributed by atoms with Crippen LogP contribution in [-0.4, -0.2) is 30.1 Å². The van der Waals surface area contributed by atoms with Gasteiger partial charge in [-0.3, -0.25) is 4.79 Å². The standard InChI is InChI=1S/C11H10F3NO/c12-11(13,14)10(16)15-6-5-8-3-1-2-4-9(8)7-15/h1,3-4,9H,5-7H2. The van der Waals surface area contributed by atoms with E-state index in [0.717, 1.165) is 10.5 Å². The summed E-state index contributed by atoms with van der Waals surface area (Å²) in [6.45, 7) is 0.243. The highest BCUT2D eigenvalue weighted by Crippen LogP contribution is 2.28. The molecule has 86 valence electrons. The minimum absolute atomic E-state index is 0.102. The molecule has 16 heavy (non-hydrogen) atoms. The molecule has 2 nitrogen and oxygen atoms in total. The number of alkyl halides is 3. The normalized spacial score (nSPS) is 24.1. The molecule has 1 unspecified atom stereocenters. The van der Waals surface area contributed by atoms with E-state index >= 15 is 0 Å². The molecule has 0 saturated carbocycles. The van der Waals surface area contributed by atoms with Crippen LogP contribution in [0.5, 0.6) is 0 Å². The quantitative estimate of drug-likeness (QED) is 0.582. The molecule has 0 aromatic carbocycles. The molecule has 0 aromatic rings. The third-order valence-corrected chi connectivity index (χ3v) is 2.78. The second-order valence-electron chi connectivity index (χ2n) is 3.85. The maximum Gasteiger partial charge on any atom is 0.471 e. The number of allylic oxidation sites excluding steroid dienone is 1. The molecule has 5 heteroatoms. The molecule has 0 aromatic heterocycles. The first-order chi connectivity index (χ1) is 7.48. The second kappa shape index (κ2) is 3.83. The van der Waals surface area contributed by atoms with Crippen molar-refractivity contribution in [3.63, 3.8) is 0 Å². The Labute approximate surface area is 90.7 Å². The van der Waals surface area contributed by atoms with Crippen molar-refractivity contribution in [2.45, 2.75) is 12.6 Å². The van der Waals surface area contributed by atoms with E-state index in [2.05, 4.69) is 5.73 Å². The van der Waals surface area contributed by atoms with Crippen LogP contribution in [-0.2, 0) is 4.79 Å². The molecular formula is C11H10F3NO. The highest BCUT2D eigenvalue weighted by molar-refractivity contribution is 5.82. The van der Waals surface area contributed by atoms with Gasteiger partial charge in [-0.2, -0.15) is 13.2 Å². The summed E-state index contributed by atoms with van der Waals surface area (Å²) in [6, 6.07) is 0. The van der Waals surface area contributed by atoms with E-state index in [9.17, 15) is 18.0 Å². The zero-order valence-corrected chi connectivity index (χ0v) is 8.42. The number of amides is 1. The smallest absolute Gasteiger partial charge is 0.334 e. The molecule has 0 spiro atoms. The molecule has 1 saturated heterocycles. The van der Waals surface area contributed by atoms with Gasteiger partial charge in [0.2, 0.25) is 0 Å². The van der Waals surface area contributed by atoms with Gasteiger partial charge in [0.05, 0.1) is 0 Å². The fourth-order valence-electron chi connectivity index (χ4n) is 1.95. The molecule has 1 heterocycles. The number of hydrogen-bond acceptors (Lipinski definition) is 1. The predicted octanol–water partition coefficient (Wildman–Crippen LogP) is 2.05. The molecule has 2 aliphatic rings. The molecular weight excluding hydrogens is 219 g/mol. The topological polar surface area (TPSA) is 20.3 Å². The number of piperidine rings is 1. The lowest BCUT2D eigenvalue weighted by Gasteiger charge is -2.34. The van der Waals surface area contributed by atoms with Crippen molar-refractivity contribution in [2.24, 2.45) is 5.92 Å². The fourth-order valence-corrected chi connectivity index (χ4v) is 1.95. The van der Waals surface area contributed by atoms with Gasteiger partial charge in [-0.1, -0.05) is 11.6 Å². The van der Waals surface area contributed by atoms with Crippen molar-refractivity contribution in [3.05, 3.63) is 29.5 Å². The third kappa shape index (κ3) is 2.04. The Bertz CT molecular complexity index is 402. The lowest BCUT2D eigenvalue weighted by molar-refractivity contribution is -0.186. The molecule has 1 aliphatic heterocycles. The van der Waals surface area contributed by atoms with Gasteiger partial charge in [0.15, 0.2) is 0 Å². The molecule has 0 radical (unpaired) electrons. The first kappa shape index (κ1) is 11.0. The van der Waals surface area contributed by atoms with Crippen LogP contribution in [0.4, 0.5) is 13.2 Å². The first-order valence-corrected chi connectivity index (χ1v) is 4.96. The highest BCUT2D eigenvalue weighted by Gasteiger charge is 2.43. The average Bonchev–Trinajstić information content (AvgIpc) is 2.26. The average molecular weight is 229 g/mol. The monoisotopic (exact) mass is 229 g/mol. The van der Waals surface area contributed by atoms with Crippen LogP contribution in [0.25, 0.3) is 0 Å². The van der Waals surface area contributed by atoms with Gasteiger partial charge in [0.25, 0.3) is 0 Å². The number of rotatable bonds is 0. The molecule has 1 aliphatic carbocycles. The molecule has 0 N–H and O–H groups in total. The summed E-state index contributed by atoms with van der Waals surface area (Å²) in [4.78, 5) is 11.9. The van der Waals surface area contributed by atoms with Crippen LogP contribution >= 0.6 is 0 Å². The number of nitrogens with zero attached hydrogens (tertiary/aromatic N) is 1. The van der Waals surface area contributed by atoms with Crippen molar-refractivity contribution in [2.75, 3.05) is 13.1 Å². The van der Waals surface area contributed by atoms with Gasteiger partial charge in [0, 0.05) is 19.0 Å². The van der Waals surface area contributed by atoms with E-state index < -0.39 is 12.1 Å². The van der Waals surface area contributed by atoms with Crippen molar-refractivity contribution in [1.82, 2.24) is 4.90 Å². The number of hydrogen-bond donors (Lipinski definition) is 0. The largest absolute Gasteiger partial charge is 0.471 e. The fraction of sp³-hybridized carbons (Fsp3) is 0.455. The minimum atomic E-state index is -4.77. The van der Waals surface area contributed by atoms with Crippen LogP contribution in [0, 0.1) is 5.92 Å². The Morgan fingerprint density at radius 3 is 2.94 bits per heavy atom. The lowest BCUT2D eigenvalue weighted by atomic mass is 9.89. The first-order valence-electron chi connectivity index (χ1n) is 4.96. The predicted molar refractivity (Wildman–Crippen MR) is 51.5 cm³/mol. The van der Waals surface area contributed by atoms with Crippen molar-refractivity contribution < 1.29 is 18.0 Å². The molecule has 1 fully saturated rings. The van der Waals surface area contributed by atoms with E-state index in [4.69, 9.17) is 0 Å². The summed E-state index contributed by atoms with van der Waals surface area (Å²) in [5.74, 6) is -1.85. The summed E-state index contributed by atoms with van der Waals surface area (Å²) in [5.41, 5.74) is 3.91. The maximum atomic E-state index is 12.2. The summed E-state index contributed by atoms with van der Waals surface area (Å²) < 4.78 is 36.7. The van der Waals surface area contributed by atoms with E-state index in [1.54, 1.807) is 12.2 Å². The Kier molecular flexibility index (Phi) is 2.64. The van der Waals surface area contributed by atoms with E-state index in [1.807, 2.05) is 6.08 Å². The molecule has 0 bridgehead atoms. The summed E-state index contributed by atoms with van der Waals surface area (Å²) in [5, 5.41) is 0. The Hall–Kier alpha value is -1.48. The Morgan fingerprint density at radius 1 is 1.50 bits per heavy atom. The van der Waals surface area contributed by atoms with Crippen molar-refractivity contribution in [1.29, 1.82) is 0 Å². The summed E-state index contributed by atoms with van der Waals surface area (Å²) in [7, 11) is 0. The Balaban J connectivity index is 2.10. The minimum Gasteiger partial charge on any atom is -0.334 e. The van der Waals surface area contributed by atoms with Gasteiger partial charge < -0.3 is 4.90 Å². The van der Waals surface area contributed by atoms with Gasteiger partial charge >= 0.3 is 12.1 Å². The third-order valence-electron chi connectivity index (χ3n) is 2.78. The lowest BCUT2D eigenvalue weighted by Crippen LogP contribution is -2.46. The summed E-state index contributed by atoms with van der Waals surface area (Å²) in [6.07, 6.45) is 1.05.